The number of hydrogen-bond donors (Lipinski definition) is 1. The van der Waals surface area contributed by atoms with Crippen LogP contribution in [0, 0.1) is 0 Å². The molecule has 0 bridgehead atoms. The van der Waals surface area contributed by atoms with E-state index in [1.165, 1.54) is 5.56 Å². The molecule has 0 radical (unpaired) electrons. The van der Waals surface area contributed by atoms with E-state index in [4.69, 9.17) is 0 Å². The second-order valence-electron chi connectivity index (χ2n) is 6.07. The van der Waals surface area contributed by atoms with Crippen molar-refractivity contribution in [2.45, 2.75) is 6.54 Å². The molecule has 2 aromatic carbocycles. The van der Waals surface area contributed by atoms with Gasteiger partial charge in [0, 0.05) is 52.8 Å². The zero-order valence-electron chi connectivity index (χ0n) is 15.4. The average molecular weight is 337 g/mol. The van der Waals surface area contributed by atoms with Crippen LogP contribution in [0.5, 0.6) is 0 Å². The molecule has 1 N–H and O–H groups in total. The lowest BCUT2D eigenvalue weighted by atomic mass is 10.2. The first-order valence-electron chi connectivity index (χ1n) is 8.27. The van der Waals surface area contributed by atoms with Crippen LogP contribution in [0.25, 0.3) is 0 Å². The largest absolute Gasteiger partial charge is 0.382 e. The van der Waals surface area contributed by atoms with Gasteiger partial charge >= 0.3 is 0 Å². The summed E-state index contributed by atoms with van der Waals surface area (Å²) < 4.78 is 0. The molecule has 5 nitrogen and oxygen atoms in total. The van der Waals surface area contributed by atoms with Crippen LogP contribution >= 0.6 is 0 Å². The Hall–Kier alpha value is -2.95. The second-order valence-corrected chi connectivity index (χ2v) is 6.07. The molecule has 0 aliphatic heterocycles. The number of hydrazone groups is 1. The van der Waals surface area contributed by atoms with E-state index in [1.807, 2.05) is 61.5 Å². The van der Waals surface area contributed by atoms with E-state index in [0.717, 1.165) is 17.9 Å². The van der Waals surface area contributed by atoms with Crippen molar-refractivity contribution >= 4 is 17.7 Å². The highest BCUT2D eigenvalue weighted by Crippen LogP contribution is 2.17. The Morgan fingerprint density at radius 3 is 2.20 bits per heavy atom. The third-order valence-corrected chi connectivity index (χ3v) is 3.59. The predicted octanol–water partition coefficient (Wildman–Crippen LogP) is 3.64. The number of hydrogen-bond acceptors (Lipinski definition) is 4. The molecule has 0 aliphatic rings. The van der Waals surface area contributed by atoms with E-state index in [1.54, 1.807) is 6.34 Å². The third kappa shape index (κ3) is 6.59. The first-order valence-corrected chi connectivity index (χ1v) is 8.27. The van der Waals surface area contributed by atoms with Crippen molar-refractivity contribution in [2.75, 3.05) is 38.5 Å². The van der Waals surface area contributed by atoms with Gasteiger partial charge in [-0.2, -0.15) is 5.10 Å². The molecular formula is C20H27N5. The Morgan fingerprint density at radius 2 is 1.56 bits per heavy atom. The van der Waals surface area contributed by atoms with Crippen LogP contribution in [0.15, 0.2) is 72.1 Å². The first kappa shape index (κ1) is 18.4. The summed E-state index contributed by atoms with van der Waals surface area (Å²) in [5.41, 5.74) is 3.39. The summed E-state index contributed by atoms with van der Waals surface area (Å²) >= 11 is 0. The van der Waals surface area contributed by atoms with Gasteiger partial charge in [-0.1, -0.05) is 30.3 Å². The quantitative estimate of drug-likeness (QED) is 0.453. The topological polar surface area (TPSA) is 34.1 Å². The van der Waals surface area contributed by atoms with Crippen molar-refractivity contribution in [1.29, 1.82) is 0 Å². The van der Waals surface area contributed by atoms with Gasteiger partial charge in [-0.3, -0.25) is 5.01 Å². The van der Waals surface area contributed by atoms with Crippen LogP contribution in [-0.2, 0) is 6.54 Å². The van der Waals surface area contributed by atoms with E-state index in [0.29, 0.717) is 0 Å². The molecule has 0 saturated heterocycles. The van der Waals surface area contributed by atoms with E-state index >= 15 is 0 Å². The minimum absolute atomic E-state index is 0.817. The van der Waals surface area contributed by atoms with Crippen molar-refractivity contribution in [3.63, 3.8) is 0 Å². The number of nitrogens with zero attached hydrogens (tertiary/aromatic N) is 4. The highest BCUT2D eigenvalue weighted by Gasteiger charge is 1.99. The normalized spacial score (nSPS) is 11.0. The molecule has 0 unspecified atom stereocenters. The fourth-order valence-electron chi connectivity index (χ4n) is 2.10. The summed E-state index contributed by atoms with van der Waals surface area (Å²) in [6, 6.07) is 18.6. The molecule has 0 aromatic heterocycles. The molecule has 25 heavy (non-hydrogen) atoms. The highest BCUT2D eigenvalue weighted by molar-refractivity contribution is 5.60. The van der Waals surface area contributed by atoms with Gasteiger partial charge in [0.05, 0.1) is 5.69 Å². The van der Waals surface area contributed by atoms with Gasteiger partial charge in [0.15, 0.2) is 0 Å². The summed E-state index contributed by atoms with van der Waals surface area (Å²) in [7, 11) is 7.86. The predicted molar refractivity (Wildman–Crippen MR) is 108 cm³/mol. The Kier molecular flexibility index (Phi) is 6.89. The zero-order valence-corrected chi connectivity index (χ0v) is 15.4. The van der Waals surface area contributed by atoms with Gasteiger partial charge in [0.2, 0.25) is 0 Å². The fourth-order valence-corrected chi connectivity index (χ4v) is 2.10. The average Bonchev–Trinajstić information content (AvgIpc) is 2.64. The molecule has 0 heterocycles. The van der Waals surface area contributed by atoms with Crippen molar-refractivity contribution < 1.29 is 0 Å². The van der Waals surface area contributed by atoms with Crippen LogP contribution in [0.2, 0.25) is 0 Å². The SMILES string of the molecule is CN(C)/C=C\N(C)/C=N/N(C)c1ccc(NCc2ccccc2)cc1. The van der Waals surface area contributed by atoms with Crippen LogP contribution in [0.4, 0.5) is 11.4 Å². The second kappa shape index (κ2) is 9.37. The summed E-state index contributed by atoms with van der Waals surface area (Å²) in [4.78, 5) is 3.89. The Bertz CT molecular complexity index is 677. The fraction of sp³-hybridized carbons (Fsp3) is 0.250. The molecule has 0 aliphatic carbocycles. The van der Waals surface area contributed by atoms with Gasteiger partial charge in [-0.15, -0.1) is 0 Å². The summed E-state index contributed by atoms with van der Waals surface area (Å²) in [5, 5.41) is 9.71. The molecule has 2 rings (SSSR count). The molecule has 0 spiro atoms. The van der Waals surface area contributed by atoms with Crippen LogP contribution in [-0.4, -0.2) is 44.3 Å². The smallest absolute Gasteiger partial charge is 0.115 e. The lowest BCUT2D eigenvalue weighted by Crippen LogP contribution is -2.15. The van der Waals surface area contributed by atoms with Crippen molar-refractivity contribution in [2.24, 2.45) is 5.10 Å². The van der Waals surface area contributed by atoms with Gasteiger partial charge in [0.1, 0.15) is 6.34 Å². The van der Waals surface area contributed by atoms with E-state index in [2.05, 4.69) is 58.9 Å². The van der Waals surface area contributed by atoms with Gasteiger partial charge in [-0.25, -0.2) is 0 Å². The van der Waals surface area contributed by atoms with E-state index < -0.39 is 0 Å². The van der Waals surface area contributed by atoms with Gasteiger partial charge < -0.3 is 15.1 Å². The Labute approximate surface area is 150 Å². The number of anilines is 2. The number of nitrogens with one attached hydrogen (secondary N) is 1. The minimum atomic E-state index is 0.817. The highest BCUT2D eigenvalue weighted by atomic mass is 15.5. The lowest BCUT2D eigenvalue weighted by Gasteiger charge is -2.16. The third-order valence-electron chi connectivity index (χ3n) is 3.59. The maximum absolute atomic E-state index is 4.44. The standard InChI is InChI=1S/C20H27N5/c1-23(2)14-15-24(3)17-22-25(4)20-12-10-19(11-13-20)21-16-18-8-6-5-7-9-18/h5-15,17,21H,16H2,1-4H3/b15-14-,22-17+. The number of rotatable bonds is 8. The summed E-state index contributed by atoms with van der Waals surface area (Å²) in [6.45, 7) is 0.817. The maximum atomic E-state index is 4.44. The maximum Gasteiger partial charge on any atom is 0.115 e. The van der Waals surface area contributed by atoms with Crippen molar-refractivity contribution in [3.05, 3.63) is 72.6 Å². The molecule has 2 aromatic rings. The Balaban J connectivity index is 1.88. The zero-order chi connectivity index (χ0) is 18.1. The molecular weight excluding hydrogens is 310 g/mol. The Morgan fingerprint density at radius 1 is 0.880 bits per heavy atom. The van der Waals surface area contributed by atoms with Crippen LogP contribution in [0.3, 0.4) is 0 Å². The van der Waals surface area contributed by atoms with Crippen molar-refractivity contribution in [3.8, 4) is 0 Å². The summed E-state index contributed by atoms with van der Waals surface area (Å²) in [6.07, 6.45) is 5.70. The molecule has 0 saturated carbocycles. The van der Waals surface area contributed by atoms with Crippen LogP contribution < -0.4 is 10.3 Å². The molecule has 0 amide bonds. The number of benzene rings is 2. The lowest BCUT2D eigenvalue weighted by molar-refractivity contribution is 0.546. The molecule has 132 valence electrons. The van der Waals surface area contributed by atoms with E-state index in [9.17, 15) is 0 Å². The monoisotopic (exact) mass is 337 g/mol. The van der Waals surface area contributed by atoms with Crippen LogP contribution in [0.1, 0.15) is 5.56 Å². The van der Waals surface area contributed by atoms with Gasteiger partial charge in [0.25, 0.3) is 0 Å². The van der Waals surface area contributed by atoms with E-state index in [-0.39, 0.29) is 0 Å². The summed E-state index contributed by atoms with van der Waals surface area (Å²) in [5.74, 6) is 0. The molecule has 5 heteroatoms. The minimum Gasteiger partial charge on any atom is -0.382 e. The molecule has 0 fully saturated rings. The molecule has 0 atom stereocenters. The first-order chi connectivity index (χ1) is 12.0. The van der Waals surface area contributed by atoms with Crippen molar-refractivity contribution in [1.82, 2.24) is 9.80 Å². The van der Waals surface area contributed by atoms with Gasteiger partial charge in [-0.05, 0) is 29.8 Å².